The third-order valence-corrected chi connectivity index (χ3v) is 4.87. The van der Waals surface area contributed by atoms with Crippen molar-refractivity contribution in [1.82, 2.24) is 14.9 Å². The molecule has 3 rings (SSSR count). The lowest BCUT2D eigenvalue weighted by Gasteiger charge is -2.29. The van der Waals surface area contributed by atoms with E-state index >= 15 is 0 Å². The smallest absolute Gasteiger partial charge is 0.254 e. The number of aromatic nitrogens is 2. The SMILES string of the molecule is CC[C@@H](C)N(Cc1cccnc1)C(=O)c1ccc(-c2ccc(OC)nc2)cc1. The Labute approximate surface area is 166 Å². The molecule has 0 spiro atoms. The van der Waals surface area contributed by atoms with Gasteiger partial charge in [-0.3, -0.25) is 9.78 Å². The molecule has 0 aliphatic heterocycles. The molecule has 0 fully saturated rings. The van der Waals surface area contributed by atoms with Gasteiger partial charge in [-0.25, -0.2) is 4.98 Å². The van der Waals surface area contributed by atoms with Gasteiger partial charge in [0.2, 0.25) is 5.88 Å². The highest BCUT2D eigenvalue weighted by Crippen LogP contribution is 2.22. The third-order valence-electron chi connectivity index (χ3n) is 4.87. The summed E-state index contributed by atoms with van der Waals surface area (Å²) in [6.45, 7) is 4.71. The number of benzene rings is 1. The number of amides is 1. The number of rotatable bonds is 7. The Bertz CT molecular complexity index is 893. The van der Waals surface area contributed by atoms with Crippen molar-refractivity contribution in [2.45, 2.75) is 32.9 Å². The van der Waals surface area contributed by atoms with Crippen molar-refractivity contribution in [3.63, 3.8) is 0 Å². The highest BCUT2D eigenvalue weighted by Gasteiger charge is 2.21. The molecule has 3 aromatic rings. The summed E-state index contributed by atoms with van der Waals surface area (Å²) in [7, 11) is 1.59. The van der Waals surface area contributed by atoms with Crippen molar-refractivity contribution >= 4 is 5.91 Å². The first-order valence-electron chi connectivity index (χ1n) is 9.42. The predicted molar refractivity (Wildman–Crippen MR) is 110 cm³/mol. The van der Waals surface area contributed by atoms with E-state index in [4.69, 9.17) is 4.74 Å². The second-order valence-electron chi connectivity index (χ2n) is 6.72. The number of nitrogens with zero attached hydrogens (tertiary/aromatic N) is 3. The first kappa shape index (κ1) is 19.5. The van der Waals surface area contributed by atoms with Gasteiger partial charge in [0.05, 0.1) is 7.11 Å². The van der Waals surface area contributed by atoms with Crippen LogP contribution in [0.25, 0.3) is 11.1 Å². The van der Waals surface area contributed by atoms with Crippen molar-refractivity contribution in [2.75, 3.05) is 7.11 Å². The fourth-order valence-electron chi connectivity index (χ4n) is 2.98. The van der Waals surface area contributed by atoms with Crippen LogP contribution in [-0.4, -0.2) is 33.9 Å². The van der Waals surface area contributed by atoms with Crippen molar-refractivity contribution in [3.8, 4) is 17.0 Å². The van der Waals surface area contributed by atoms with Crippen LogP contribution >= 0.6 is 0 Å². The van der Waals surface area contributed by atoms with E-state index in [1.807, 2.05) is 59.6 Å². The summed E-state index contributed by atoms with van der Waals surface area (Å²) < 4.78 is 5.10. The molecule has 2 aromatic heterocycles. The lowest BCUT2D eigenvalue weighted by Crippen LogP contribution is -2.37. The molecule has 1 atom stereocenters. The number of carbonyl (C=O) groups is 1. The first-order valence-corrected chi connectivity index (χ1v) is 9.42. The topological polar surface area (TPSA) is 55.3 Å². The Balaban J connectivity index is 1.80. The molecule has 0 N–H and O–H groups in total. The number of hydrogen-bond acceptors (Lipinski definition) is 4. The summed E-state index contributed by atoms with van der Waals surface area (Å²) in [5.74, 6) is 0.604. The van der Waals surface area contributed by atoms with Crippen LogP contribution in [-0.2, 0) is 6.54 Å². The summed E-state index contributed by atoms with van der Waals surface area (Å²) >= 11 is 0. The monoisotopic (exact) mass is 375 g/mol. The maximum atomic E-state index is 13.2. The van der Waals surface area contributed by atoms with Crippen LogP contribution in [0.4, 0.5) is 0 Å². The van der Waals surface area contributed by atoms with E-state index in [1.165, 1.54) is 0 Å². The van der Waals surface area contributed by atoms with Gasteiger partial charge >= 0.3 is 0 Å². The first-order chi connectivity index (χ1) is 13.6. The molecule has 0 radical (unpaired) electrons. The zero-order chi connectivity index (χ0) is 19.9. The Morgan fingerprint density at radius 2 is 1.82 bits per heavy atom. The highest BCUT2D eigenvalue weighted by molar-refractivity contribution is 5.95. The number of pyridine rings is 2. The summed E-state index contributed by atoms with van der Waals surface area (Å²) in [6, 6.07) is 15.5. The molecule has 0 bridgehead atoms. The van der Waals surface area contributed by atoms with E-state index in [0.29, 0.717) is 18.0 Å². The Morgan fingerprint density at radius 3 is 2.39 bits per heavy atom. The summed E-state index contributed by atoms with van der Waals surface area (Å²) in [5, 5.41) is 0. The fourth-order valence-corrected chi connectivity index (χ4v) is 2.98. The number of methoxy groups -OCH3 is 1. The third kappa shape index (κ3) is 4.55. The summed E-state index contributed by atoms with van der Waals surface area (Å²) in [5.41, 5.74) is 3.69. The van der Waals surface area contributed by atoms with Gasteiger partial charge < -0.3 is 9.64 Å². The van der Waals surface area contributed by atoms with E-state index in [1.54, 1.807) is 19.5 Å². The van der Waals surface area contributed by atoms with Crippen LogP contribution in [0.1, 0.15) is 36.2 Å². The quantitative estimate of drug-likeness (QED) is 0.606. The second kappa shape index (κ2) is 9.13. The van der Waals surface area contributed by atoms with E-state index in [2.05, 4.69) is 23.8 Å². The molecule has 0 saturated heterocycles. The molecular formula is C23H25N3O2. The van der Waals surface area contributed by atoms with Gasteiger partial charge in [-0.15, -0.1) is 0 Å². The van der Waals surface area contributed by atoms with Crippen molar-refractivity contribution < 1.29 is 9.53 Å². The molecule has 2 heterocycles. The van der Waals surface area contributed by atoms with Crippen LogP contribution in [0.3, 0.4) is 0 Å². The van der Waals surface area contributed by atoms with Crippen LogP contribution in [0, 0.1) is 0 Å². The minimum atomic E-state index is 0.0256. The standard InChI is InChI=1S/C23H25N3O2/c1-4-17(2)26(16-18-6-5-13-24-14-18)23(27)20-9-7-19(8-10-20)21-11-12-22(28-3)25-15-21/h5-15,17H,4,16H2,1-3H3/t17-/m1/s1. The predicted octanol–water partition coefficient (Wildman–Crippen LogP) is 4.59. The zero-order valence-corrected chi connectivity index (χ0v) is 16.5. The summed E-state index contributed by atoms with van der Waals surface area (Å²) in [6.07, 6.45) is 6.21. The minimum Gasteiger partial charge on any atom is -0.481 e. The van der Waals surface area contributed by atoms with Gasteiger partial charge in [-0.2, -0.15) is 0 Å². The van der Waals surface area contributed by atoms with E-state index in [-0.39, 0.29) is 11.9 Å². The molecule has 1 aromatic carbocycles. The molecule has 0 aliphatic carbocycles. The van der Waals surface area contributed by atoms with E-state index in [9.17, 15) is 4.79 Å². The molecule has 28 heavy (non-hydrogen) atoms. The van der Waals surface area contributed by atoms with Crippen molar-refractivity contribution in [1.29, 1.82) is 0 Å². The number of hydrogen-bond donors (Lipinski definition) is 0. The molecule has 5 heteroatoms. The fraction of sp³-hybridized carbons (Fsp3) is 0.261. The molecular weight excluding hydrogens is 350 g/mol. The van der Waals surface area contributed by atoms with Gasteiger partial charge in [0.25, 0.3) is 5.91 Å². The summed E-state index contributed by atoms with van der Waals surface area (Å²) in [4.78, 5) is 23.5. The highest BCUT2D eigenvalue weighted by atomic mass is 16.5. The average molecular weight is 375 g/mol. The number of ether oxygens (including phenoxy) is 1. The minimum absolute atomic E-state index is 0.0256. The van der Waals surface area contributed by atoms with Gasteiger partial charge in [0.1, 0.15) is 0 Å². The van der Waals surface area contributed by atoms with Gasteiger partial charge in [-0.05, 0) is 48.7 Å². The van der Waals surface area contributed by atoms with Crippen LogP contribution < -0.4 is 4.74 Å². The van der Waals surface area contributed by atoms with Gasteiger partial charge in [-0.1, -0.05) is 25.1 Å². The zero-order valence-electron chi connectivity index (χ0n) is 16.5. The van der Waals surface area contributed by atoms with Gasteiger partial charge in [0, 0.05) is 48.4 Å². The lowest BCUT2D eigenvalue weighted by atomic mass is 10.0. The molecule has 1 amide bonds. The maximum Gasteiger partial charge on any atom is 0.254 e. The van der Waals surface area contributed by atoms with Crippen LogP contribution in [0.2, 0.25) is 0 Å². The molecule has 0 saturated carbocycles. The Kier molecular flexibility index (Phi) is 6.37. The number of carbonyl (C=O) groups excluding carboxylic acids is 1. The van der Waals surface area contributed by atoms with E-state index in [0.717, 1.165) is 23.1 Å². The largest absolute Gasteiger partial charge is 0.481 e. The molecule has 0 aliphatic rings. The van der Waals surface area contributed by atoms with Crippen LogP contribution in [0.15, 0.2) is 67.1 Å². The Morgan fingerprint density at radius 1 is 1.07 bits per heavy atom. The Hall–Kier alpha value is -3.21. The average Bonchev–Trinajstić information content (AvgIpc) is 2.77. The van der Waals surface area contributed by atoms with Crippen molar-refractivity contribution in [3.05, 3.63) is 78.2 Å². The normalized spacial score (nSPS) is 11.7. The lowest BCUT2D eigenvalue weighted by molar-refractivity contribution is 0.0671. The second-order valence-corrected chi connectivity index (χ2v) is 6.72. The van der Waals surface area contributed by atoms with Gasteiger partial charge in [0.15, 0.2) is 0 Å². The van der Waals surface area contributed by atoms with Crippen LogP contribution in [0.5, 0.6) is 5.88 Å². The molecule has 0 unspecified atom stereocenters. The molecule has 5 nitrogen and oxygen atoms in total. The van der Waals surface area contributed by atoms with E-state index < -0.39 is 0 Å². The van der Waals surface area contributed by atoms with Crippen molar-refractivity contribution in [2.24, 2.45) is 0 Å². The molecule has 144 valence electrons. The maximum absolute atomic E-state index is 13.2.